The molecule has 0 atom stereocenters. The van der Waals surface area contributed by atoms with Crippen LogP contribution in [0.3, 0.4) is 0 Å². The maximum Gasteiger partial charge on any atom is 0.240 e. The second-order valence-corrected chi connectivity index (χ2v) is 4.77. The number of amides is 2. The van der Waals surface area contributed by atoms with Crippen molar-refractivity contribution in [2.45, 2.75) is 12.8 Å². The molecule has 2 amide bonds. The Morgan fingerprint density at radius 3 is 2.35 bits per heavy atom. The van der Waals surface area contributed by atoms with Crippen molar-refractivity contribution >= 4 is 23.7 Å². The first kappa shape index (κ1) is 16.2. The van der Waals surface area contributed by atoms with E-state index in [1.807, 2.05) is 18.2 Å². The molecule has 2 rings (SSSR count). The van der Waals surface area contributed by atoms with E-state index in [9.17, 15) is 14.7 Å². The maximum absolute atomic E-state index is 11.7. The van der Waals surface area contributed by atoms with Gasteiger partial charge in [0.05, 0.1) is 6.21 Å². The minimum absolute atomic E-state index is 0.0246. The minimum Gasteiger partial charge on any atom is -0.507 e. The molecule has 0 aromatic heterocycles. The number of benzene rings is 2. The van der Waals surface area contributed by atoms with Gasteiger partial charge in [-0.25, -0.2) is 5.43 Å². The number of phenolic OH excluding ortho intramolecular Hbond substituents is 1. The summed E-state index contributed by atoms with van der Waals surface area (Å²) in [6.45, 7) is 0. The number of nitrogens with one attached hydrogen (secondary N) is 2. The normalized spacial score (nSPS) is 10.4. The zero-order valence-corrected chi connectivity index (χ0v) is 12.4. The number of carbonyl (C=O) groups excluding carboxylic acids is 2. The Morgan fingerprint density at radius 2 is 1.61 bits per heavy atom. The predicted octanol–water partition coefficient (Wildman–Crippen LogP) is 2.26. The molecule has 0 bridgehead atoms. The van der Waals surface area contributed by atoms with Crippen LogP contribution >= 0.6 is 0 Å². The first-order chi connectivity index (χ1) is 11.1. The van der Waals surface area contributed by atoms with E-state index in [2.05, 4.69) is 15.8 Å². The molecule has 0 saturated heterocycles. The summed E-state index contributed by atoms with van der Waals surface area (Å²) in [5.74, 6) is -0.538. The summed E-state index contributed by atoms with van der Waals surface area (Å²) in [5, 5.41) is 16.0. The summed E-state index contributed by atoms with van der Waals surface area (Å²) in [4.78, 5) is 23.3. The lowest BCUT2D eigenvalue weighted by atomic mass is 10.2. The molecule has 0 fully saturated rings. The number of hydrazone groups is 1. The number of hydrogen-bond donors (Lipinski definition) is 3. The van der Waals surface area contributed by atoms with Crippen LogP contribution in [0.15, 0.2) is 59.7 Å². The van der Waals surface area contributed by atoms with Gasteiger partial charge in [0, 0.05) is 24.1 Å². The molecular weight excluding hydrogens is 294 g/mol. The summed E-state index contributed by atoms with van der Waals surface area (Å²) in [5.41, 5.74) is 3.50. The molecular formula is C17H17N3O3. The van der Waals surface area contributed by atoms with Crippen LogP contribution < -0.4 is 10.7 Å². The molecule has 6 nitrogen and oxygen atoms in total. The van der Waals surface area contributed by atoms with E-state index in [0.29, 0.717) is 11.3 Å². The van der Waals surface area contributed by atoms with Gasteiger partial charge in [-0.2, -0.15) is 5.10 Å². The number of anilines is 1. The lowest BCUT2D eigenvalue weighted by Gasteiger charge is -2.04. The molecule has 3 N–H and O–H groups in total. The number of rotatable bonds is 6. The third-order valence-corrected chi connectivity index (χ3v) is 2.97. The van der Waals surface area contributed by atoms with Gasteiger partial charge in [0.25, 0.3) is 0 Å². The van der Waals surface area contributed by atoms with Gasteiger partial charge in [0.15, 0.2) is 0 Å². The monoisotopic (exact) mass is 311 g/mol. The number of nitrogens with zero attached hydrogens (tertiary/aromatic N) is 1. The lowest BCUT2D eigenvalue weighted by Crippen LogP contribution is -2.20. The van der Waals surface area contributed by atoms with Crippen molar-refractivity contribution in [2.24, 2.45) is 5.10 Å². The van der Waals surface area contributed by atoms with Crippen molar-refractivity contribution in [3.63, 3.8) is 0 Å². The molecule has 118 valence electrons. The highest BCUT2D eigenvalue weighted by molar-refractivity contribution is 5.93. The Balaban J connectivity index is 1.73. The second kappa shape index (κ2) is 8.33. The quantitative estimate of drug-likeness (QED) is 0.564. The highest BCUT2D eigenvalue weighted by Crippen LogP contribution is 2.12. The van der Waals surface area contributed by atoms with Crippen LogP contribution in [0.2, 0.25) is 0 Å². The molecule has 0 aliphatic rings. The van der Waals surface area contributed by atoms with Crippen LogP contribution in [0.25, 0.3) is 0 Å². The summed E-state index contributed by atoms with van der Waals surface area (Å²) in [6.07, 6.45) is 1.43. The van der Waals surface area contributed by atoms with Crippen LogP contribution in [0, 0.1) is 0 Å². The van der Waals surface area contributed by atoms with E-state index >= 15 is 0 Å². The Morgan fingerprint density at radius 1 is 0.957 bits per heavy atom. The van der Waals surface area contributed by atoms with E-state index in [1.54, 1.807) is 30.3 Å². The van der Waals surface area contributed by atoms with Gasteiger partial charge in [-0.15, -0.1) is 0 Å². The molecule has 0 heterocycles. The molecule has 0 unspecified atom stereocenters. The van der Waals surface area contributed by atoms with Gasteiger partial charge in [0.2, 0.25) is 11.8 Å². The molecule has 0 saturated carbocycles. The summed E-state index contributed by atoms with van der Waals surface area (Å²) >= 11 is 0. The van der Waals surface area contributed by atoms with Crippen LogP contribution in [0.4, 0.5) is 5.69 Å². The highest BCUT2D eigenvalue weighted by atomic mass is 16.3. The summed E-state index contributed by atoms with van der Waals surface area (Å²) in [7, 11) is 0. The molecule has 0 spiro atoms. The molecule has 0 radical (unpaired) electrons. The zero-order chi connectivity index (χ0) is 16.5. The smallest absolute Gasteiger partial charge is 0.240 e. The van der Waals surface area contributed by atoms with Crippen LogP contribution in [0.5, 0.6) is 5.75 Å². The standard InChI is InChI=1S/C17H17N3O3/c21-15-9-5-4-6-13(15)12-18-20-17(23)11-10-16(22)19-14-7-2-1-3-8-14/h1-9,12,21H,10-11H2,(H,19,22)(H,20,23)/b18-12+. The molecule has 6 heteroatoms. The Kier molecular flexibility index (Phi) is 5.88. The second-order valence-electron chi connectivity index (χ2n) is 4.77. The largest absolute Gasteiger partial charge is 0.507 e. The van der Waals surface area contributed by atoms with Gasteiger partial charge < -0.3 is 10.4 Å². The first-order valence-corrected chi connectivity index (χ1v) is 7.10. The first-order valence-electron chi connectivity index (χ1n) is 7.10. The van der Waals surface area contributed by atoms with E-state index in [4.69, 9.17) is 0 Å². The van der Waals surface area contributed by atoms with Crippen molar-refractivity contribution in [1.82, 2.24) is 5.43 Å². The Bertz CT molecular complexity index is 699. The molecule has 23 heavy (non-hydrogen) atoms. The molecule has 0 aliphatic carbocycles. The average Bonchev–Trinajstić information content (AvgIpc) is 2.56. The maximum atomic E-state index is 11.7. The highest BCUT2D eigenvalue weighted by Gasteiger charge is 2.06. The molecule has 2 aromatic rings. The SMILES string of the molecule is O=C(CCC(=O)Nc1ccccc1)N/N=C/c1ccccc1O. The third-order valence-electron chi connectivity index (χ3n) is 2.97. The lowest BCUT2D eigenvalue weighted by molar-refractivity contribution is -0.124. The predicted molar refractivity (Wildman–Crippen MR) is 88.1 cm³/mol. The Labute approximate surface area is 133 Å². The van der Waals surface area contributed by atoms with Crippen LogP contribution in [-0.2, 0) is 9.59 Å². The van der Waals surface area contributed by atoms with Crippen molar-refractivity contribution in [1.29, 1.82) is 0 Å². The average molecular weight is 311 g/mol. The van der Waals surface area contributed by atoms with Crippen LogP contribution in [0.1, 0.15) is 18.4 Å². The minimum atomic E-state index is -0.375. The van der Waals surface area contributed by atoms with E-state index in [0.717, 1.165) is 0 Å². The van der Waals surface area contributed by atoms with Gasteiger partial charge in [-0.05, 0) is 24.3 Å². The van der Waals surface area contributed by atoms with E-state index < -0.39 is 0 Å². The van der Waals surface area contributed by atoms with Crippen molar-refractivity contribution in [2.75, 3.05) is 5.32 Å². The number of para-hydroxylation sites is 2. The van der Waals surface area contributed by atoms with E-state index in [-0.39, 0.29) is 30.4 Å². The van der Waals surface area contributed by atoms with E-state index in [1.165, 1.54) is 12.3 Å². The van der Waals surface area contributed by atoms with Crippen LogP contribution in [-0.4, -0.2) is 23.1 Å². The summed E-state index contributed by atoms with van der Waals surface area (Å²) in [6, 6.07) is 15.7. The van der Waals surface area contributed by atoms with Gasteiger partial charge in [0.1, 0.15) is 5.75 Å². The molecule has 2 aromatic carbocycles. The number of phenols is 1. The van der Waals surface area contributed by atoms with Crippen molar-refractivity contribution in [3.05, 3.63) is 60.2 Å². The Hall–Kier alpha value is -3.15. The van der Waals surface area contributed by atoms with Crippen molar-refractivity contribution in [3.8, 4) is 5.75 Å². The summed E-state index contributed by atoms with van der Waals surface area (Å²) < 4.78 is 0. The van der Waals surface area contributed by atoms with Gasteiger partial charge in [-0.1, -0.05) is 30.3 Å². The fourth-order valence-corrected chi connectivity index (χ4v) is 1.80. The fraction of sp³-hybridized carbons (Fsp3) is 0.118. The topological polar surface area (TPSA) is 90.8 Å². The molecule has 0 aliphatic heterocycles. The number of aromatic hydroxyl groups is 1. The van der Waals surface area contributed by atoms with Gasteiger partial charge in [-0.3, -0.25) is 9.59 Å². The van der Waals surface area contributed by atoms with Crippen molar-refractivity contribution < 1.29 is 14.7 Å². The number of hydrogen-bond acceptors (Lipinski definition) is 4. The van der Waals surface area contributed by atoms with Gasteiger partial charge >= 0.3 is 0 Å². The number of carbonyl (C=O) groups is 2. The third kappa shape index (κ3) is 5.62. The zero-order valence-electron chi connectivity index (χ0n) is 12.4. The fourth-order valence-electron chi connectivity index (χ4n) is 1.80.